The zero-order valence-corrected chi connectivity index (χ0v) is 12.9. The van der Waals surface area contributed by atoms with Gasteiger partial charge in [0.25, 0.3) is 0 Å². The number of hydrogen-bond acceptors (Lipinski definition) is 2. The van der Waals surface area contributed by atoms with Crippen LogP contribution in [0.4, 0.5) is 5.69 Å². The fourth-order valence-electron chi connectivity index (χ4n) is 2.53. The van der Waals surface area contributed by atoms with Crippen LogP contribution in [-0.2, 0) is 0 Å². The summed E-state index contributed by atoms with van der Waals surface area (Å²) in [6.45, 7) is 10.8. The Labute approximate surface area is 118 Å². The molecule has 1 unspecified atom stereocenters. The van der Waals surface area contributed by atoms with Gasteiger partial charge in [-0.2, -0.15) is 0 Å². The Morgan fingerprint density at radius 1 is 1.00 bits per heavy atom. The number of aliphatic hydroxyl groups is 1. The van der Waals surface area contributed by atoms with Crippen molar-refractivity contribution in [2.24, 2.45) is 5.92 Å². The average molecular weight is 263 g/mol. The van der Waals surface area contributed by atoms with Gasteiger partial charge in [0.15, 0.2) is 0 Å². The molecular weight excluding hydrogens is 234 g/mol. The van der Waals surface area contributed by atoms with E-state index < -0.39 is 0 Å². The highest BCUT2D eigenvalue weighted by molar-refractivity contribution is 5.54. The van der Waals surface area contributed by atoms with Crippen molar-refractivity contribution in [1.29, 1.82) is 0 Å². The summed E-state index contributed by atoms with van der Waals surface area (Å²) in [5.41, 5.74) is 2.27. The molecule has 0 amide bonds. The van der Waals surface area contributed by atoms with Crippen LogP contribution < -0.4 is 4.90 Å². The van der Waals surface area contributed by atoms with E-state index in [0.29, 0.717) is 0 Å². The molecule has 19 heavy (non-hydrogen) atoms. The van der Waals surface area contributed by atoms with Gasteiger partial charge in [-0.05, 0) is 25.3 Å². The highest BCUT2D eigenvalue weighted by Gasteiger charge is 2.16. The summed E-state index contributed by atoms with van der Waals surface area (Å²) in [4.78, 5) is 2.41. The van der Waals surface area contributed by atoms with E-state index in [2.05, 4.69) is 43.9 Å². The van der Waals surface area contributed by atoms with E-state index in [4.69, 9.17) is 0 Å². The third-order valence-corrected chi connectivity index (χ3v) is 4.04. The van der Waals surface area contributed by atoms with Crippen molar-refractivity contribution >= 4 is 5.69 Å². The first-order valence-electron chi connectivity index (χ1n) is 7.69. The van der Waals surface area contributed by atoms with E-state index in [1.807, 2.05) is 13.0 Å². The number of nitrogens with zero attached hydrogens (tertiary/aromatic N) is 1. The Hall–Kier alpha value is -1.02. The summed E-state index contributed by atoms with van der Waals surface area (Å²) in [5.74, 6) is 0.728. The van der Waals surface area contributed by atoms with Gasteiger partial charge in [0.1, 0.15) is 0 Å². The van der Waals surface area contributed by atoms with Gasteiger partial charge in [0.05, 0.1) is 6.10 Å². The Bertz CT molecular complexity index is 360. The van der Waals surface area contributed by atoms with Gasteiger partial charge in [-0.25, -0.2) is 0 Å². The molecule has 0 heterocycles. The zero-order chi connectivity index (χ0) is 14.3. The molecule has 0 aromatic heterocycles. The predicted octanol–water partition coefficient (Wildman–Crippen LogP) is 4.39. The van der Waals surface area contributed by atoms with Crippen LogP contribution in [0.3, 0.4) is 0 Å². The first-order chi connectivity index (χ1) is 9.17. The molecule has 2 heteroatoms. The highest BCUT2D eigenvalue weighted by Crippen LogP contribution is 2.29. The number of rotatable bonds is 8. The van der Waals surface area contributed by atoms with Crippen LogP contribution in [0, 0.1) is 5.92 Å². The van der Waals surface area contributed by atoms with E-state index in [0.717, 1.165) is 31.0 Å². The van der Waals surface area contributed by atoms with Crippen LogP contribution in [0.1, 0.15) is 58.6 Å². The van der Waals surface area contributed by atoms with Gasteiger partial charge >= 0.3 is 0 Å². The summed E-state index contributed by atoms with van der Waals surface area (Å²) in [7, 11) is 0. The fourth-order valence-corrected chi connectivity index (χ4v) is 2.53. The minimum absolute atomic E-state index is 0.355. The van der Waals surface area contributed by atoms with Gasteiger partial charge in [0, 0.05) is 24.3 Å². The summed E-state index contributed by atoms with van der Waals surface area (Å²) < 4.78 is 0. The Morgan fingerprint density at radius 3 is 2.16 bits per heavy atom. The Morgan fingerprint density at radius 2 is 1.63 bits per heavy atom. The van der Waals surface area contributed by atoms with Crippen molar-refractivity contribution in [3.05, 3.63) is 29.8 Å². The molecule has 0 aliphatic heterocycles. The van der Waals surface area contributed by atoms with Gasteiger partial charge in [-0.3, -0.25) is 0 Å². The minimum atomic E-state index is -0.355. The number of aliphatic hydroxyl groups excluding tert-OH is 1. The second-order valence-corrected chi connectivity index (χ2v) is 5.20. The maximum atomic E-state index is 10.2. The third kappa shape index (κ3) is 4.24. The van der Waals surface area contributed by atoms with E-state index >= 15 is 0 Å². The maximum Gasteiger partial charge on any atom is 0.0807 e. The molecule has 108 valence electrons. The SMILES string of the molecule is CCC(CC)CN(CC)c1ccccc1C(O)CC. The molecule has 0 aliphatic rings. The molecule has 0 radical (unpaired) electrons. The summed E-state index contributed by atoms with van der Waals surface area (Å²) in [6, 6.07) is 8.28. The lowest BCUT2D eigenvalue weighted by Crippen LogP contribution is -2.30. The van der Waals surface area contributed by atoms with Crippen molar-refractivity contribution < 1.29 is 5.11 Å². The van der Waals surface area contributed by atoms with Gasteiger partial charge in [0.2, 0.25) is 0 Å². The average Bonchev–Trinajstić information content (AvgIpc) is 2.48. The molecule has 0 saturated carbocycles. The zero-order valence-electron chi connectivity index (χ0n) is 12.9. The number of hydrogen-bond donors (Lipinski definition) is 1. The molecule has 0 bridgehead atoms. The second-order valence-electron chi connectivity index (χ2n) is 5.20. The van der Waals surface area contributed by atoms with Crippen LogP contribution in [0.2, 0.25) is 0 Å². The molecule has 2 nitrogen and oxygen atoms in total. The molecule has 1 rings (SSSR count). The monoisotopic (exact) mass is 263 g/mol. The summed E-state index contributed by atoms with van der Waals surface area (Å²) >= 11 is 0. The quantitative estimate of drug-likeness (QED) is 0.751. The molecule has 0 spiro atoms. The topological polar surface area (TPSA) is 23.5 Å². The van der Waals surface area contributed by atoms with E-state index in [9.17, 15) is 5.11 Å². The molecular formula is C17H29NO. The second kappa shape index (κ2) is 8.21. The molecule has 1 aromatic carbocycles. The summed E-state index contributed by atoms with van der Waals surface area (Å²) in [6.07, 6.45) is 2.84. The fraction of sp³-hybridized carbons (Fsp3) is 0.647. The molecule has 1 aromatic rings. The third-order valence-electron chi connectivity index (χ3n) is 4.04. The van der Waals surface area contributed by atoms with E-state index in [1.165, 1.54) is 18.5 Å². The van der Waals surface area contributed by atoms with Gasteiger partial charge < -0.3 is 10.0 Å². The number of para-hydroxylation sites is 1. The van der Waals surface area contributed by atoms with Crippen molar-refractivity contribution in [3.63, 3.8) is 0 Å². The predicted molar refractivity (Wildman–Crippen MR) is 83.7 cm³/mol. The maximum absolute atomic E-state index is 10.2. The molecule has 1 atom stereocenters. The molecule has 0 aliphatic carbocycles. The van der Waals surface area contributed by atoms with Crippen LogP contribution in [0.25, 0.3) is 0 Å². The number of anilines is 1. The van der Waals surface area contributed by atoms with Crippen molar-refractivity contribution in [3.8, 4) is 0 Å². The lowest BCUT2D eigenvalue weighted by Gasteiger charge is -2.30. The van der Waals surface area contributed by atoms with Crippen LogP contribution in [0.5, 0.6) is 0 Å². The van der Waals surface area contributed by atoms with Gasteiger partial charge in [-0.15, -0.1) is 0 Å². The van der Waals surface area contributed by atoms with E-state index in [-0.39, 0.29) is 6.10 Å². The largest absolute Gasteiger partial charge is 0.388 e. The highest BCUT2D eigenvalue weighted by atomic mass is 16.3. The number of benzene rings is 1. The normalized spacial score (nSPS) is 12.7. The van der Waals surface area contributed by atoms with Crippen molar-refractivity contribution in [2.75, 3.05) is 18.0 Å². The van der Waals surface area contributed by atoms with Crippen LogP contribution in [0.15, 0.2) is 24.3 Å². The lowest BCUT2D eigenvalue weighted by molar-refractivity contribution is 0.174. The van der Waals surface area contributed by atoms with Crippen LogP contribution in [-0.4, -0.2) is 18.2 Å². The standard InChI is InChI=1S/C17H29NO/c1-5-14(6-2)13-18(8-4)16-12-10-9-11-15(16)17(19)7-3/h9-12,14,17,19H,5-8,13H2,1-4H3. The first-order valence-corrected chi connectivity index (χ1v) is 7.69. The van der Waals surface area contributed by atoms with Crippen LogP contribution >= 0.6 is 0 Å². The Balaban J connectivity index is 2.97. The molecule has 0 fully saturated rings. The van der Waals surface area contributed by atoms with Crippen molar-refractivity contribution in [2.45, 2.75) is 53.1 Å². The lowest BCUT2D eigenvalue weighted by atomic mass is 10.00. The molecule has 1 N–H and O–H groups in total. The van der Waals surface area contributed by atoms with Gasteiger partial charge in [-0.1, -0.05) is 51.8 Å². The smallest absolute Gasteiger partial charge is 0.0807 e. The summed E-state index contributed by atoms with van der Waals surface area (Å²) in [5, 5.41) is 10.2. The first kappa shape index (κ1) is 16.0. The van der Waals surface area contributed by atoms with Crippen molar-refractivity contribution in [1.82, 2.24) is 0 Å². The molecule has 0 saturated heterocycles. The van der Waals surface area contributed by atoms with E-state index in [1.54, 1.807) is 0 Å². The Kier molecular flexibility index (Phi) is 6.93. The minimum Gasteiger partial charge on any atom is -0.388 e.